The number of rotatable bonds is 8. The van der Waals surface area contributed by atoms with Gasteiger partial charge in [0.25, 0.3) is 5.76 Å². The summed E-state index contributed by atoms with van der Waals surface area (Å²) in [6, 6.07) is 0. The second-order valence-corrected chi connectivity index (χ2v) is 4.53. The molecule has 0 radical (unpaired) electrons. The van der Waals surface area contributed by atoms with Gasteiger partial charge < -0.3 is 24.4 Å². The Balaban J connectivity index is 0. The molecular formula is C14H20O9S2. The van der Waals surface area contributed by atoms with Gasteiger partial charge >= 0.3 is 23.9 Å². The first-order chi connectivity index (χ1) is 11.7. The number of esters is 3. The molecule has 9 nitrogen and oxygen atoms in total. The maximum Gasteiger partial charge on any atom is 0.377 e. The molecule has 0 saturated heterocycles. The van der Waals surface area contributed by atoms with Crippen molar-refractivity contribution in [1.29, 1.82) is 0 Å². The summed E-state index contributed by atoms with van der Waals surface area (Å²) >= 11 is 7.28. The average molecular weight is 396 g/mol. The molecule has 0 bridgehead atoms. The van der Waals surface area contributed by atoms with Gasteiger partial charge in [-0.1, -0.05) is 6.08 Å². The van der Waals surface area contributed by atoms with Crippen LogP contribution in [0.3, 0.4) is 0 Å². The predicted octanol–water partition coefficient (Wildman–Crippen LogP) is 0.346. The van der Waals surface area contributed by atoms with Gasteiger partial charge in [-0.3, -0.25) is 9.59 Å². The van der Waals surface area contributed by atoms with Crippen LogP contribution in [-0.2, 0) is 33.4 Å². The normalized spacial score (nSPS) is 10.9. The molecule has 0 saturated carbocycles. The number of carboxylic acids is 1. The first kappa shape index (κ1) is 25.3. The van der Waals surface area contributed by atoms with Gasteiger partial charge in [-0.2, -0.15) is 25.3 Å². The first-order valence-electron chi connectivity index (χ1n) is 6.69. The predicted molar refractivity (Wildman–Crippen MR) is 93.1 cm³/mol. The third-order valence-electron chi connectivity index (χ3n) is 2.08. The molecule has 11 heteroatoms. The summed E-state index contributed by atoms with van der Waals surface area (Å²) in [6.07, 6.45) is 2.20. The van der Waals surface area contributed by atoms with Crippen LogP contribution in [0.2, 0.25) is 0 Å². The van der Waals surface area contributed by atoms with Gasteiger partial charge in [0.1, 0.15) is 12.9 Å². The number of hydrogen-bond acceptors (Lipinski definition) is 10. The van der Waals surface area contributed by atoms with Crippen molar-refractivity contribution in [2.45, 2.75) is 13.8 Å². The van der Waals surface area contributed by atoms with Crippen molar-refractivity contribution < 1.29 is 43.6 Å². The van der Waals surface area contributed by atoms with Crippen molar-refractivity contribution >= 4 is 49.1 Å². The maximum absolute atomic E-state index is 11.3. The summed E-state index contributed by atoms with van der Waals surface area (Å²) in [5.41, 5.74) is 0.389. The van der Waals surface area contributed by atoms with E-state index >= 15 is 0 Å². The topological polar surface area (TPSA) is 136 Å². The van der Waals surface area contributed by atoms with Crippen LogP contribution in [0.5, 0.6) is 0 Å². The number of thiol groups is 2. The number of hydrogen-bond donors (Lipinski definition) is 4. The monoisotopic (exact) mass is 396 g/mol. The number of carbonyl (C=O) groups is 4. The molecule has 0 spiro atoms. The molecule has 0 aliphatic carbocycles. The number of carboxylic acid groups (broad SMARTS) is 1. The molecule has 142 valence electrons. The second kappa shape index (κ2) is 15.5. The minimum atomic E-state index is -1.05. The molecule has 0 aromatic rings. The Hall–Kier alpha value is -1.98. The average Bonchev–Trinajstić information content (AvgIpc) is 2.61. The molecular weight excluding hydrogens is 376 g/mol. The van der Waals surface area contributed by atoms with Crippen LogP contribution < -0.4 is 0 Å². The summed E-state index contributed by atoms with van der Waals surface area (Å²) in [5, 5.41) is 16.6. The Bertz CT molecular complexity index is 526. The quantitative estimate of drug-likeness (QED) is 0.151. The van der Waals surface area contributed by atoms with Gasteiger partial charge in [-0.15, -0.1) is 0 Å². The molecule has 0 aromatic carbocycles. The van der Waals surface area contributed by atoms with Crippen molar-refractivity contribution in [2.24, 2.45) is 0 Å². The van der Waals surface area contributed by atoms with E-state index < -0.39 is 36.2 Å². The van der Waals surface area contributed by atoms with Gasteiger partial charge in [0.15, 0.2) is 0 Å². The van der Waals surface area contributed by atoms with E-state index in [4.69, 9.17) is 10.2 Å². The molecule has 0 aliphatic rings. The van der Waals surface area contributed by atoms with E-state index in [2.05, 4.69) is 39.5 Å². The van der Waals surface area contributed by atoms with Gasteiger partial charge in [-0.05, 0) is 13.8 Å². The van der Waals surface area contributed by atoms with Crippen LogP contribution in [0.4, 0.5) is 0 Å². The zero-order chi connectivity index (χ0) is 19.8. The third-order valence-corrected chi connectivity index (χ3v) is 2.59. The maximum atomic E-state index is 11.3. The Morgan fingerprint density at radius 3 is 2.00 bits per heavy atom. The molecule has 2 N–H and O–H groups in total. The van der Waals surface area contributed by atoms with Crippen molar-refractivity contribution in [3.05, 3.63) is 23.7 Å². The summed E-state index contributed by atoms with van der Waals surface area (Å²) in [4.78, 5) is 43.0. The molecule has 0 unspecified atom stereocenters. The number of aliphatic hydroxyl groups excluding tert-OH is 1. The number of ether oxygens (including phenoxy) is 3. The van der Waals surface area contributed by atoms with Crippen LogP contribution in [0, 0.1) is 0 Å². The van der Waals surface area contributed by atoms with E-state index in [1.807, 2.05) is 0 Å². The number of aliphatic carboxylic acids is 1. The molecule has 0 fully saturated rings. The highest BCUT2D eigenvalue weighted by atomic mass is 32.1. The van der Waals surface area contributed by atoms with Gasteiger partial charge in [-0.25, -0.2) is 9.59 Å². The second-order valence-electron chi connectivity index (χ2n) is 3.90. The van der Waals surface area contributed by atoms with E-state index in [0.717, 1.165) is 0 Å². The number of allylic oxidation sites excluding steroid dienone is 1. The molecule has 0 rings (SSSR count). The fourth-order valence-electron chi connectivity index (χ4n) is 0.758. The molecule has 0 heterocycles. The van der Waals surface area contributed by atoms with E-state index in [0.29, 0.717) is 11.8 Å². The molecule has 0 aromatic heterocycles. The zero-order valence-electron chi connectivity index (χ0n) is 13.6. The minimum absolute atomic E-state index is 0.212. The Kier molecular flexibility index (Phi) is 15.7. The Morgan fingerprint density at radius 1 is 1.08 bits per heavy atom. The van der Waals surface area contributed by atoms with E-state index in [1.54, 1.807) is 19.9 Å². The standard InChI is InChI=1S/C9H12O7S2.C5H8O2/c10-1-2-14-9(13)6(16-8(12)5-18)3-15-7(11)4-17;1-3-4(2)5(6)7/h3,10,17-18H,1-2,4-5H2;3H,1-2H3,(H,6,7). The minimum Gasteiger partial charge on any atom is -0.478 e. The number of aliphatic hydroxyl groups is 1. The lowest BCUT2D eigenvalue weighted by atomic mass is 10.3. The van der Waals surface area contributed by atoms with E-state index in [1.165, 1.54) is 0 Å². The van der Waals surface area contributed by atoms with Crippen LogP contribution >= 0.6 is 25.3 Å². The Morgan fingerprint density at radius 2 is 1.64 bits per heavy atom. The SMILES string of the molecule is CC=C(C)C(=O)O.O=C(CS)OC=C(OC(=O)CS)C(=O)OCCO. The van der Waals surface area contributed by atoms with Crippen LogP contribution in [0.1, 0.15) is 13.8 Å². The molecule has 0 aliphatic heterocycles. The summed E-state index contributed by atoms with van der Waals surface area (Å²) in [6.45, 7) is 2.58. The largest absolute Gasteiger partial charge is 0.478 e. The van der Waals surface area contributed by atoms with Crippen molar-refractivity contribution in [2.75, 3.05) is 24.7 Å². The van der Waals surface area contributed by atoms with E-state index in [9.17, 15) is 19.2 Å². The zero-order valence-corrected chi connectivity index (χ0v) is 15.4. The lowest BCUT2D eigenvalue weighted by Crippen LogP contribution is -2.18. The van der Waals surface area contributed by atoms with Gasteiger partial charge in [0.05, 0.1) is 18.1 Å². The van der Waals surface area contributed by atoms with Gasteiger partial charge in [0, 0.05) is 5.57 Å². The molecule has 0 amide bonds. The fraction of sp³-hybridized carbons (Fsp3) is 0.429. The summed E-state index contributed by atoms with van der Waals surface area (Å²) in [7, 11) is 0. The van der Waals surface area contributed by atoms with Crippen molar-refractivity contribution in [3.63, 3.8) is 0 Å². The highest BCUT2D eigenvalue weighted by molar-refractivity contribution is 7.81. The fourth-order valence-corrected chi connectivity index (χ4v) is 0.897. The van der Waals surface area contributed by atoms with Crippen molar-refractivity contribution in [1.82, 2.24) is 0 Å². The summed E-state index contributed by atoms with van der Waals surface area (Å²) in [5.74, 6) is -4.56. The lowest BCUT2D eigenvalue weighted by Gasteiger charge is -2.07. The number of carbonyl (C=O) groups excluding carboxylic acids is 3. The molecule has 25 heavy (non-hydrogen) atoms. The van der Waals surface area contributed by atoms with Crippen LogP contribution in [0.15, 0.2) is 23.7 Å². The highest BCUT2D eigenvalue weighted by Crippen LogP contribution is 2.04. The summed E-state index contributed by atoms with van der Waals surface area (Å²) < 4.78 is 13.5. The lowest BCUT2D eigenvalue weighted by molar-refractivity contribution is -0.151. The van der Waals surface area contributed by atoms with Crippen molar-refractivity contribution in [3.8, 4) is 0 Å². The van der Waals surface area contributed by atoms with E-state index in [-0.39, 0.29) is 18.1 Å². The first-order valence-corrected chi connectivity index (χ1v) is 7.96. The smallest absolute Gasteiger partial charge is 0.377 e. The highest BCUT2D eigenvalue weighted by Gasteiger charge is 2.17. The third kappa shape index (κ3) is 14.1. The Labute approximate surface area is 155 Å². The van der Waals surface area contributed by atoms with Crippen LogP contribution in [0.25, 0.3) is 0 Å². The molecule has 0 atom stereocenters. The van der Waals surface area contributed by atoms with Crippen LogP contribution in [-0.4, -0.2) is 58.8 Å². The van der Waals surface area contributed by atoms with Gasteiger partial charge in [0.2, 0.25) is 0 Å².